The number of morpholine rings is 1. The minimum atomic E-state index is 0.470. The summed E-state index contributed by atoms with van der Waals surface area (Å²) in [5.41, 5.74) is 1.08. The second kappa shape index (κ2) is 5.27. The molecule has 0 bridgehead atoms. The Kier molecular flexibility index (Phi) is 3.74. The Morgan fingerprint density at radius 3 is 3.06 bits per heavy atom. The number of ether oxygens (including phenoxy) is 2. The average molecular weight is 222 g/mol. The molecular weight excluding hydrogens is 204 g/mol. The summed E-state index contributed by atoms with van der Waals surface area (Å²) in [6.07, 6.45) is 1.76. The van der Waals surface area contributed by atoms with Gasteiger partial charge in [0.25, 0.3) is 0 Å². The van der Waals surface area contributed by atoms with E-state index in [-0.39, 0.29) is 0 Å². The SMILES string of the molecule is COc1ccc(CN2CCOC[C@H]2C)nc1. The van der Waals surface area contributed by atoms with Crippen molar-refractivity contribution in [3.05, 3.63) is 24.0 Å². The van der Waals surface area contributed by atoms with Gasteiger partial charge in [0, 0.05) is 19.1 Å². The van der Waals surface area contributed by atoms with Crippen molar-refractivity contribution >= 4 is 0 Å². The van der Waals surface area contributed by atoms with Gasteiger partial charge in [0.05, 0.1) is 32.2 Å². The smallest absolute Gasteiger partial charge is 0.137 e. The fraction of sp³-hybridized carbons (Fsp3) is 0.583. The summed E-state index contributed by atoms with van der Waals surface area (Å²) >= 11 is 0. The molecule has 0 saturated carbocycles. The highest BCUT2D eigenvalue weighted by molar-refractivity contribution is 5.19. The summed E-state index contributed by atoms with van der Waals surface area (Å²) in [5.74, 6) is 0.804. The van der Waals surface area contributed by atoms with Gasteiger partial charge in [-0.3, -0.25) is 9.88 Å². The van der Waals surface area contributed by atoms with Crippen LogP contribution in [0.3, 0.4) is 0 Å². The van der Waals surface area contributed by atoms with E-state index in [0.29, 0.717) is 6.04 Å². The molecule has 1 aliphatic rings. The summed E-state index contributed by atoms with van der Waals surface area (Å²) < 4.78 is 10.5. The average Bonchev–Trinajstić information content (AvgIpc) is 2.33. The van der Waals surface area contributed by atoms with Gasteiger partial charge in [-0.15, -0.1) is 0 Å². The molecule has 0 aromatic carbocycles. The van der Waals surface area contributed by atoms with Gasteiger partial charge >= 0.3 is 0 Å². The van der Waals surface area contributed by atoms with Crippen molar-refractivity contribution in [3.8, 4) is 5.75 Å². The summed E-state index contributed by atoms with van der Waals surface area (Å²) in [6, 6.07) is 4.44. The Morgan fingerprint density at radius 1 is 1.56 bits per heavy atom. The number of hydrogen-bond donors (Lipinski definition) is 0. The Labute approximate surface area is 96.2 Å². The van der Waals surface area contributed by atoms with Gasteiger partial charge in [-0.25, -0.2) is 0 Å². The zero-order valence-electron chi connectivity index (χ0n) is 9.85. The summed E-state index contributed by atoms with van der Waals surface area (Å²) in [4.78, 5) is 6.76. The van der Waals surface area contributed by atoms with Crippen LogP contribution in [-0.2, 0) is 11.3 Å². The second-order valence-corrected chi connectivity index (χ2v) is 4.08. The van der Waals surface area contributed by atoms with Crippen molar-refractivity contribution < 1.29 is 9.47 Å². The molecule has 0 unspecified atom stereocenters. The van der Waals surface area contributed by atoms with E-state index in [2.05, 4.69) is 16.8 Å². The first kappa shape index (κ1) is 11.4. The van der Waals surface area contributed by atoms with E-state index >= 15 is 0 Å². The maximum atomic E-state index is 5.40. The lowest BCUT2D eigenvalue weighted by Crippen LogP contribution is -2.43. The van der Waals surface area contributed by atoms with Gasteiger partial charge in [-0.2, -0.15) is 0 Å². The Morgan fingerprint density at radius 2 is 2.44 bits per heavy atom. The highest BCUT2D eigenvalue weighted by Crippen LogP contribution is 2.13. The predicted octanol–water partition coefficient (Wildman–Crippen LogP) is 1.31. The molecule has 4 nitrogen and oxygen atoms in total. The van der Waals surface area contributed by atoms with E-state index < -0.39 is 0 Å². The molecule has 1 atom stereocenters. The third-order valence-electron chi connectivity index (χ3n) is 2.90. The van der Waals surface area contributed by atoms with Crippen LogP contribution in [0.2, 0.25) is 0 Å². The van der Waals surface area contributed by atoms with Crippen LogP contribution < -0.4 is 4.74 Å². The van der Waals surface area contributed by atoms with Crippen molar-refractivity contribution in [2.24, 2.45) is 0 Å². The van der Waals surface area contributed by atoms with Gasteiger partial charge in [-0.05, 0) is 19.1 Å². The molecule has 0 radical (unpaired) electrons. The Bertz CT molecular complexity index is 326. The van der Waals surface area contributed by atoms with Gasteiger partial charge < -0.3 is 9.47 Å². The highest BCUT2D eigenvalue weighted by atomic mass is 16.5. The predicted molar refractivity (Wildman–Crippen MR) is 61.5 cm³/mol. The summed E-state index contributed by atoms with van der Waals surface area (Å²) in [7, 11) is 1.65. The van der Waals surface area contributed by atoms with E-state index in [1.165, 1.54) is 0 Å². The van der Waals surface area contributed by atoms with Crippen LogP contribution in [0.15, 0.2) is 18.3 Å². The van der Waals surface area contributed by atoms with Gasteiger partial charge in [0.2, 0.25) is 0 Å². The third kappa shape index (κ3) is 2.71. The fourth-order valence-corrected chi connectivity index (χ4v) is 1.83. The van der Waals surface area contributed by atoms with Crippen molar-refractivity contribution in [1.29, 1.82) is 0 Å². The van der Waals surface area contributed by atoms with Crippen LogP contribution in [-0.4, -0.2) is 42.8 Å². The molecule has 4 heteroatoms. The van der Waals surface area contributed by atoms with Crippen molar-refractivity contribution in [3.63, 3.8) is 0 Å². The van der Waals surface area contributed by atoms with Crippen LogP contribution in [0.5, 0.6) is 5.75 Å². The molecule has 0 amide bonds. The first-order valence-corrected chi connectivity index (χ1v) is 5.60. The van der Waals surface area contributed by atoms with Crippen LogP contribution in [0, 0.1) is 0 Å². The minimum Gasteiger partial charge on any atom is -0.495 e. The molecule has 0 aliphatic carbocycles. The monoisotopic (exact) mass is 222 g/mol. The molecule has 0 spiro atoms. The van der Waals surface area contributed by atoms with E-state index in [1.807, 2.05) is 12.1 Å². The fourth-order valence-electron chi connectivity index (χ4n) is 1.83. The molecule has 2 heterocycles. The molecule has 1 aliphatic heterocycles. The van der Waals surface area contributed by atoms with Crippen LogP contribution in [0.4, 0.5) is 0 Å². The summed E-state index contributed by atoms with van der Waals surface area (Å²) in [5, 5.41) is 0. The van der Waals surface area contributed by atoms with Gasteiger partial charge in [0.1, 0.15) is 5.75 Å². The Hall–Kier alpha value is -1.13. The second-order valence-electron chi connectivity index (χ2n) is 4.08. The molecule has 1 saturated heterocycles. The number of pyridine rings is 1. The first-order chi connectivity index (χ1) is 7.79. The lowest BCUT2D eigenvalue weighted by molar-refractivity contribution is -0.00491. The molecule has 88 valence electrons. The zero-order valence-corrected chi connectivity index (χ0v) is 9.85. The topological polar surface area (TPSA) is 34.6 Å². The molecular formula is C12H18N2O2. The lowest BCUT2D eigenvalue weighted by atomic mass is 10.2. The van der Waals surface area contributed by atoms with Crippen molar-refractivity contribution in [2.75, 3.05) is 26.9 Å². The maximum absolute atomic E-state index is 5.40. The van der Waals surface area contributed by atoms with E-state index in [4.69, 9.17) is 9.47 Å². The van der Waals surface area contributed by atoms with Crippen LogP contribution in [0.25, 0.3) is 0 Å². The number of rotatable bonds is 3. The van der Waals surface area contributed by atoms with Crippen LogP contribution in [0.1, 0.15) is 12.6 Å². The molecule has 1 aromatic rings. The number of methoxy groups -OCH3 is 1. The van der Waals surface area contributed by atoms with Crippen molar-refractivity contribution in [2.45, 2.75) is 19.5 Å². The molecule has 2 rings (SSSR count). The van der Waals surface area contributed by atoms with Crippen molar-refractivity contribution in [1.82, 2.24) is 9.88 Å². The number of aromatic nitrogens is 1. The number of hydrogen-bond acceptors (Lipinski definition) is 4. The normalized spacial score (nSPS) is 22.0. The van der Waals surface area contributed by atoms with E-state index in [0.717, 1.165) is 37.7 Å². The zero-order chi connectivity index (χ0) is 11.4. The molecule has 1 fully saturated rings. The first-order valence-electron chi connectivity index (χ1n) is 5.60. The Balaban J connectivity index is 1.96. The highest BCUT2D eigenvalue weighted by Gasteiger charge is 2.18. The lowest BCUT2D eigenvalue weighted by Gasteiger charge is -2.32. The minimum absolute atomic E-state index is 0.470. The van der Waals surface area contributed by atoms with Gasteiger partial charge in [0.15, 0.2) is 0 Å². The van der Waals surface area contributed by atoms with Gasteiger partial charge in [-0.1, -0.05) is 0 Å². The standard InChI is InChI=1S/C12H18N2O2/c1-10-9-16-6-5-14(10)8-11-3-4-12(15-2)7-13-11/h3-4,7,10H,5-6,8-9H2,1-2H3/t10-/m1/s1. The maximum Gasteiger partial charge on any atom is 0.137 e. The molecule has 0 N–H and O–H groups in total. The van der Waals surface area contributed by atoms with E-state index in [1.54, 1.807) is 13.3 Å². The number of nitrogens with zero attached hydrogens (tertiary/aromatic N) is 2. The molecule has 16 heavy (non-hydrogen) atoms. The van der Waals surface area contributed by atoms with E-state index in [9.17, 15) is 0 Å². The third-order valence-corrected chi connectivity index (χ3v) is 2.90. The quantitative estimate of drug-likeness (QED) is 0.772. The molecule has 1 aromatic heterocycles. The summed E-state index contributed by atoms with van der Waals surface area (Å²) in [6.45, 7) is 5.68. The largest absolute Gasteiger partial charge is 0.495 e. The van der Waals surface area contributed by atoms with Crippen LogP contribution >= 0.6 is 0 Å².